The van der Waals surface area contributed by atoms with E-state index in [-0.39, 0.29) is 17.9 Å². The molecule has 1 aromatic heterocycles. The SMILES string of the molecule is Cc1nonc1CN1CCC2(CCC(=O)N(CCCO)C2)CC1. The Morgan fingerprint density at radius 2 is 2.04 bits per heavy atom. The van der Waals surface area contributed by atoms with Gasteiger partial charge in [0.05, 0.1) is 0 Å². The number of aliphatic hydroxyl groups is 1. The highest BCUT2D eigenvalue weighted by Gasteiger charge is 2.40. The molecule has 3 rings (SSSR count). The van der Waals surface area contributed by atoms with Crippen LogP contribution in [-0.2, 0) is 11.3 Å². The first kappa shape index (κ1) is 16.4. The largest absolute Gasteiger partial charge is 0.396 e. The van der Waals surface area contributed by atoms with Crippen molar-refractivity contribution in [2.24, 2.45) is 5.41 Å². The van der Waals surface area contributed by atoms with Crippen molar-refractivity contribution in [2.75, 3.05) is 32.8 Å². The van der Waals surface area contributed by atoms with Gasteiger partial charge in [0, 0.05) is 32.7 Å². The number of likely N-dealkylation sites (tertiary alicyclic amines) is 2. The first-order valence-corrected chi connectivity index (χ1v) is 8.51. The van der Waals surface area contributed by atoms with E-state index in [1.165, 1.54) is 0 Å². The van der Waals surface area contributed by atoms with Crippen LogP contribution in [0.25, 0.3) is 0 Å². The van der Waals surface area contributed by atoms with Crippen molar-refractivity contribution >= 4 is 5.91 Å². The molecule has 3 heterocycles. The Hall–Kier alpha value is -1.47. The summed E-state index contributed by atoms with van der Waals surface area (Å²) in [6.45, 7) is 6.44. The molecular weight excluding hydrogens is 296 g/mol. The minimum Gasteiger partial charge on any atom is -0.396 e. The van der Waals surface area contributed by atoms with Crippen LogP contribution in [0.15, 0.2) is 4.63 Å². The van der Waals surface area contributed by atoms with Crippen LogP contribution in [0.2, 0.25) is 0 Å². The van der Waals surface area contributed by atoms with Crippen LogP contribution >= 0.6 is 0 Å². The molecule has 0 unspecified atom stereocenters. The fourth-order valence-corrected chi connectivity index (χ4v) is 3.77. The van der Waals surface area contributed by atoms with E-state index in [4.69, 9.17) is 9.74 Å². The Kier molecular flexibility index (Phi) is 4.96. The minimum absolute atomic E-state index is 0.148. The Bertz CT molecular complexity index is 537. The third kappa shape index (κ3) is 3.72. The van der Waals surface area contributed by atoms with Crippen LogP contribution in [0.1, 0.15) is 43.5 Å². The topological polar surface area (TPSA) is 82.7 Å². The number of nitrogens with zero attached hydrogens (tertiary/aromatic N) is 4. The van der Waals surface area contributed by atoms with Crippen LogP contribution in [0, 0.1) is 12.3 Å². The van der Waals surface area contributed by atoms with Crippen LogP contribution < -0.4 is 0 Å². The van der Waals surface area contributed by atoms with E-state index >= 15 is 0 Å². The molecule has 2 fully saturated rings. The van der Waals surface area contributed by atoms with E-state index in [1.807, 2.05) is 11.8 Å². The number of piperidine rings is 2. The minimum atomic E-state index is 0.148. The van der Waals surface area contributed by atoms with Crippen molar-refractivity contribution in [1.82, 2.24) is 20.1 Å². The molecule has 0 atom stereocenters. The van der Waals surface area contributed by atoms with Crippen molar-refractivity contribution in [3.05, 3.63) is 11.4 Å². The lowest BCUT2D eigenvalue weighted by Crippen LogP contribution is -2.51. The lowest BCUT2D eigenvalue weighted by molar-refractivity contribution is -0.139. The van der Waals surface area contributed by atoms with Gasteiger partial charge in [0.2, 0.25) is 5.91 Å². The third-order valence-electron chi connectivity index (χ3n) is 5.37. The predicted octanol–water partition coefficient (Wildman–Crippen LogP) is 0.965. The monoisotopic (exact) mass is 322 g/mol. The van der Waals surface area contributed by atoms with Crippen molar-refractivity contribution in [1.29, 1.82) is 0 Å². The summed E-state index contributed by atoms with van der Waals surface area (Å²) >= 11 is 0. The molecule has 0 saturated carbocycles. The van der Waals surface area contributed by atoms with E-state index in [1.54, 1.807) is 0 Å². The van der Waals surface area contributed by atoms with Crippen molar-refractivity contribution in [3.63, 3.8) is 0 Å². The Labute approximate surface area is 136 Å². The van der Waals surface area contributed by atoms with Gasteiger partial charge in [0.15, 0.2) is 0 Å². The summed E-state index contributed by atoms with van der Waals surface area (Å²) in [5.41, 5.74) is 2.05. The van der Waals surface area contributed by atoms with Gasteiger partial charge in [-0.2, -0.15) is 0 Å². The molecule has 2 aliphatic rings. The van der Waals surface area contributed by atoms with Crippen molar-refractivity contribution < 1.29 is 14.5 Å². The van der Waals surface area contributed by atoms with Crippen LogP contribution in [0.3, 0.4) is 0 Å². The molecule has 0 aromatic carbocycles. The highest BCUT2D eigenvalue weighted by molar-refractivity contribution is 5.77. The molecule has 0 radical (unpaired) electrons. The number of hydrogen-bond donors (Lipinski definition) is 1. The number of amides is 1. The molecule has 0 aliphatic carbocycles. The van der Waals surface area contributed by atoms with E-state index in [0.717, 1.165) is 56.8 Å². The van der Waals surface area contributed by atoms with Crippen LogP contribution in [0.5, 0.6) is 0 Å². The van der Waals surface area contributed by atoms with Crippen LogP contribution in [0.4, 0.5) is 0 Å². The van der Waals surface area contributed by atoms with Crippen LogP contribution in [-0.4, -0.2) is 63.9 Å². The molecule has 7 nitrogen and oxygen atoms in total. The first-order valence-electron chi connectivity index (χ1n) is 8.51. The van der Waals surface area contributed by atoms with Crippen molar-refractivity contribution in [2.45, 2.75) is 45.6 Å². The highest BCUT2D eigenvalue weighted by Crippen LogP contribution is 2.40. The molecule has 2 saturated heterocycles. The fourth-order valence-electron chi connectivity index (χ4n) is 3.77. The van der Waals surface area contributed by atoms with E-state index in [9.17, 15) is 4.79 Å². The zero-order chi connectivity index (χ0) is 16.3. The van der Waals surface area contributed by atoms with Crippen molar-refractivity contribution in [3.8, 4) is 0 Å². The average molecular weight is 322 g/mol. The van der Waals surface area contributed by atoms with Gasteiger partial charge in [-0.1, -0.05) is 10.3 Å². The number of carbonyl (C=O) groups excluding carboxylic acids is 1. The Morgan fingerprint density at radius 3 is 2.70 bits per heavy atom. The Balaban J connectivity index is 1.55. The molecule has 1 N–H and O–H groups in total. The highest BCUT2D eigenvalue weighted by atomic mass is 16.6. The predicted molar refractivity (Wildman–Crippen MR) is 83.5 cm³/mol. The Morgan fingerprint density at radius 1 is 1.26 bits per heavy atom. The maximum Gasteiger partial charge on any atom is 0.222 e. The summed E-state index contributed by atoms with van der Waals surface area (Å²) in [4.78, 5) is 16.4. The van der Waals surface area contributed by atoms with Gasteiger partial charge in [-0.25, -0.2) is 4.63 Å². The normalized spacial score (nSPS) is 22.0. The molecule has 2 aliphatic heterocycles. The van der Waals surface area contributed by atoms with Gasteiger partial charge < -0.3 is 10.0 Å². The second kappa shape index (κ2) is 6.97. The second-order valence-corrected chi connectivity index (χ2v) is 6.96. The van der Waals surface area contributed by atoms with Gasteiger partial charge in [0.1, 0.15) is 11.4 Å². The average Bonchev–Trinajstić information content (AvgIpc) is 2.96. The fraction of sp³-hybridized carbons (Fsp3) is 0.812. The maximum absolute atomic E-state index is 12.0. The zero-order valence-electron chi connectivity index (χ0n) is 13.8. The molecule has 7 heteroatoms. The summed E-state index contributed by atoms with van der Waals surface area (Å²) in [6, 6.07) is 0. The number of aryl methyl sites for hydroxylation is 1. The lowest BCUT2D eigenvalue weighted by Gasteiger charge is -2.47. The summed E-state index contributed by atoms with van der Waals surface area (Å²) in [5.74, 6) is 0.246. The quantitative estimate of drug-likeness (QED) is 0.869. The maximum atomic E-state index is 12.0. The molecule has 23 heavy (non-hydrogen) atoms. The number of aliphatic hydroxyl groups excluding tert-OH is 1. The number of hydrogen-bond acceptors (Lipinski definition) is 6. The lowest BCUT2D eigenvalue weighted by atomic mass is 9.72. The summed E-state index contributed by atoms with van der Waals surface area (Å²) in [7, 11) is 0. The van der Waals surface area contributed by atoms with E-state index in [2.05, 4.69) is 15.2 Å². The van der Waals surface area contributed by atoms with E-state index < -0.39 is 0 Å². The number of aromatic nitrogens is 2. The molecule has 1 spiro atoms. The molecular formula is C16H26N4O3. The smallest absolute Gasteiger partial charge is 0.222 e. The summed E-state index contributed by atoms with van der Waals surface area (Å²) in [5, 5.41) is 16.8. The molecule has 0 bridgehead atoms. The van der Waals surface area contributed by atoms with Gasteiger partial charge in [-0.15, -0.1) is 0 Å². The zero-order valence-corrected chi connectivity index (χ0v) is 13.8. The summed E-state index contributed by atoms with van der Waals surface area (Å²) in [6.07, 6.45) is 4.55. The first-order chi connectivity index (χ1) is 11.1. The van der Waals surface area contributed by atoms with E-state index in [0.29, 0.717) is 19.4 Å². The van der Waals surface area contributed by atoms with Gasteiger partial charge >= 0.3 is 0 Å². The van der Waals surface area contributed by atoms with Gasteiger partial charge in [-0.05, 0) is 51.1 Å². The molecule has 1 aromatic rings. The molecule has 128 valence electrons. The third-order valence-corrected chi connectivity index (χ3v) is 5.37. The van der Waals surface area contributed by atoms with Gasteiger partial charge in [0.25, 0.3) is 0 Å². The molecule has 1 amide bonds. The summed E-state index contributed by atoms with van der Waals surface area (Å²) < 4.78 is 4.77. The standard InChI is InChI=1S/C16H26N4O3/c1-13-14(18-23-17-13)11-19-8-5-16(6-9-19)4-3-15(22)20(12-16)7-2-10-21/h21H,2-12H2,1H3. The number of carbonyl (C=O) groups is 1. The number of rotatable bonds is 5. The van der Waals surface area contributed by atoms with Gasteiger partial charge in [-0.3, -0.25) is 9.69 Å². The second-order valence-electron chi connectivity index (χ2n) is 6.96.